The molecule has 0 aliphatic rings. The van der Waals surface area contributed by atoms with E-state index < -0.39 is 0 Å². The fourth-order valence-corrected chi connectivity index (χ4v) is 3.89. The second kappa shape index (κ2) is 7.16. The van der Waals surface area contributed by atoms with Crippen LogP contribution in [0.5, 0.6) is 0 Å². The van der Waals surface area contributed by atoms with Crippen molar-refractivity contribution in [1.29, 1.82) is 0 Å². The van der Waals surface area contributed by atoms with Crippen molar-refractivity contribution >= 4 is 33.1 Å². The number of nitrogens with zero attached hydrogens (tertiary/aromatic N) is 4. The first-order valence-corrected chi connectivity index (χ1v) is 9.80. The van der Waals surface area contributed by atoms with Crippen LogP contribution in [0.3, 0.4) is 0 Å². The van der Waals surface area contributed by atoms with Crippen LogP contribution in [-0.2, 0) is 17.8 Å². The van der Waals surface area contributed by atoms with Crippen LogP contribution in [0.1, 0.15) is 33.9 Å². The van der Waals surface area contributed by atoms with Gasteiger partial charge >= 0.3 is 0 Å². The first kappa shape index (κ1) is 18.3. The van der Waals surface area contributed by atoms with Crippen molar-refractivity contribution in [3.05, 3.63) is 56.1 Å². The third kappa shape index (κ3) is 3.53. The van der Waals surface area contributed by atoms with Gasteiger partial charge < -0.3 is 10.3 Å². The second-order valence-corrected chi connectivity index (χ2v) is 7.90. The lowest BCUT2D eigenvalue weighted by Gasteiger charge is -2.08. The van der Waals surface area contributed by atoms with E-state index >= 15 is 0 Å². The molecular weight excluding hydrogens is 376 g/mol. The van der Waals surface area contributed by atoms with Gasteiger partial charge in [-0.05, 0) is 55.5 Å². The third-order valence-corrected chi connectivity index (χ3v) is 5.72. The van der Waals surface area contributed by atoms with E-state index in [-0.39, 0.29) is 18.0 Å². The van der Waals surface area contributed by atoms with Crippen LogP contribution < -0.4 is 10.9 Å². The summed E-state index contributed by atoms with van der Waals surface area (Å²) in [6, 6.07) is 5.85. The molecule has 2 N–H and O–H groups in total. The molecule has 0 saturated carbocycles. The number of hydrogen-bond acceptors (Lipinski definition) is 6. The summed E-state index contributed by atoms with van der Waals surface area (Å²) in [5, 5.41) is 17.0. The first-order valence-electron chi connectivity index (χ1n) is 8.98. The standard InChI is InChI=1S/C19H20N6O2S/c1-10-6-13-8-14(18(27)21-15(13)7-11(10)2)9-20-16(26)4-5-17-24-25-12(3)22-23-19(25)28-17/h6-8H,4-5,9H2,1-3H3,(H,20,26)(H,21,27). The Hall–Kier alpha value is -3.07. The maximum atomic E-state index is 12.3. The minimum absolute atomic E-state index is 0.123. The monoisotopic (exact) mass is 396 g/mol. The van der Waals surface area contributed by atoms with Gasteiger partial charge in [-0.1, -0.05) is 11.3 Å². The highest BCUT2D eigenvalue weighted by molar-refractivity contribution is 7.16. The highest BCUT2D eigenvalue weighted by atomic mass is 32.1. The fourth-order valence-electron chi connectivity index (χ4n) is 3.01. The summed E-state index contributed by atoms with van der Waals surface area (Å²) < 4.78 is 1.68. The molecule has 1 aromatic carbocycles. The molecule has 4 rings (SSSR count). The van der Waals surface area contributed by atoms with Gasteiger partial charge in [-0.3, -0.25) is 9.59 Å². The van der Waals surface area contributed by atoms with E-state index in [1.165, 1.54) is 11.3 Å². The topological polar surface area (TPSA) is 105 Å². The number of rotatable bonds is 5. The summed E-state index contributed by atoms with van der Waals surface area (Å²) in [6.07, 6.45) is 0.818. The Morgan fingerprint density at radius 3 is 2.75 bits per heavy atom. The van der Waals surface area contributed by atoms with Gasteiger partial charge in [0.2, 0.25) is 10.9 Å². The Bertz CT molecular complexity index is 1250. The molecule has 3 aromatic heterocycles. The lowest BCUT2D eigenvalue weighted by Crippen LogP contribution is -2.26. The van der Waals surface area contributed by atoms with Crippen molar-refractivity contribution < 1.29 is 4.79 Å². The van der Waals surface area contributed by atoms with E-state index in [4.69, 9.17) is 0 Å². The number of carbonyl (C=O) groups is 1. The Morgan fingerprint density at radius 2 is 1.96 bits per heavy atom. The zero-order chi connectivity index (χ0) is 19.8. The molecule has 0 fully saturated rings. The number of pyridine rings is 1. The number of aromatic amines is 1. The zero-order valence-electron chi connectivity index (χ0n) is 15.9. The molecule has 3 heterocycles. The highest BCUT2D eigenvalue weighted by Gasteiger charge is 2.11. The van der Waals surface area contributed by atoms with Crippen molar-refractivity contribution in [3.8, 4) is 0 Å². The molecule has 144 valence electrons. The normalized spacial score (nSPS) is 11.4. The summed E-state index contributed by atoms with van der Waals surface area (Å²) in [7, 11) is 0. The van der Waals surface area contributed by atoms with Crippen LogP contribution in [0.2, 0.25) is 0 Å². The number of benzene rings is 1. The second-order valence-electron chi connectivity index (χ2n) is 6.86. The van der Waals surface area contributed by atoms with Gasteiger partial charge in [0.25, 0.3) is 5.56 Å². The Kier molecular flexibility index (Phi) is 4.68. The van der Waals surface area contributed by atoms with E-state index in [1.54, 1.807) is 4.52 Å². The van der Waals surface area contributed by atoms with Gasteiger partial charge in [-0.2, -0.15) is 9.61 Å². The predicted octanol–water partition coefficient (Wildman–Crippen LogP) is 2.20. The number of nitrogens with one attached hydrogen (secondary N) is 2. The minimum Gasteiger partial charge on any atom is -0.352 e. The van der Waals surface area contributed by atoms with Crippen LogP contribution in [0.15, 0.2) is 23.0 Å². The van der Waals surface area contributed by atoms with Crippen LogP contribution in [-0.4, -0.2) is 30.7 Å². The Balaban J connectivity index is 1.40. The summed E-state index contributed by atoms with van der Waals surface area (Å²) >= 11 is 1.42. The molecule has 9 heteroatoms. The predicted molar refractivity (Wildman–Crippen MR) is 108 cm³/mol. The number of carbonyl (C=O) groups excluding carboxylic acids is 1. The zero-order valence-corrected chi connectivity index (χ0v) is 16.7. The molecule has 1 amide bonds. The van der Waals surface area contributed by atoms with Crippen molar-refractivity contribution in [2.75, 3.05) is 0 Å². The maximum absolute atomic E-state index is 12.3. The molecule has 0 atom stereocenters. The molecule has 0 aliphatic heterocycles. The molecule has 0 aliphatic carbocycles. The summed E-state index contributed by atoms with van der Waals surface area (Å²) in [5.74, 6) is 0.602. The van der Waals surface area contributed by atoms with E-state index in [0.717, 1.165) is 37.8 Å². The maximum Gasteiger partial charge on any atom is 0.253 e. The average Bonchev–Trinajstić information content (AvgIpc) is 3.21. The van der Waals surface area contributed by atoms with E-state index in [9.17, 15) is 9.59 Å². The Labute approximate surface area is 164 Å². The summed E-state index contributed by atoms with van der Waals surface area (Å²) in [4.78, 5) is 28.1. The van der Waals surface area contributed by atoms with Crippen LogP contribution >= 0.6 is 11.3 Å². The number of fused-ring (bicyclic) bond motifs is 2. The van der Waals surface area contributed by atoms with Gasteiger partial charge in [0, 0.05) is 30.5 Å². The van der Waals surface area contributed by atoms with Gasteiger partial charge in [-0.15, -0.1) is 10.2 Å². The molecule has 4 aromatic rings. The SMILES string of the molecule is Cc1cc2cc(CNC(=O)CCc3nn4c(C)nnc4s3)c(=O)[nH]c2cc1C. The van der Waals surface area contributed by atoms with Crippen LogP contribution in [0.25, 0.3) is 15.9 Å². The van der Waals surface area contributed by atoms with Gasteiger partial charge in [0.15, 0.2) is 5.82 Å². The molecule has 28 heavy (non-hydrogen) atoms. The van der Waals surface area contributed by atoms with Crippen molar-refractivity contribution in [3.63, 3.8) is 0 Å². The number of hydrogen-bond donors (Lipinski definition) is 2. The van der Waals surface area contributed by atoms with Crippen molar-refractivity contribution in [2.45, 2.75) is 40.2 Å². The highest BCUT2D eigenvalue weighted by Crippen LogP contribution is 2.17. The summed E-state index contributed by atoms with van der Waals surface area (Å²) in [6.45, 7) is 6.08. The largest absolute Gasteiger partial charge is 0.352 e. The molecule has 0 bridgehead atoms. The number of aryl methyl sites for hydroxylation is 4. The van der Waals surface area contributed by atoms with Crippen LogP contribution in [0.4, 0.5) is 0 Å². The van der Waals surface area contributed by atoms with E-state index in [0.29, 0.717) is 18.4 Å². The molecular formula is C19H20N6O2S. The lowest BCUT2D eigenvalue weighted by atomic mass is 10.0. The molecule has 0 saturated heterocycles. The molecule has 0 radical (unpaired) electrons. The minimum atomic E-state index is -0.180. The average molecular weight is 396 g/mol. The number of aromatic nitrogens is 5. The first-order chi connectivity index (χ1) is 13.4. The van der Waals surface area contributed by atoms with Gasteiger partial charge in [0.1, 0.15) is 5.01 Å². The van der Waals surface area contributed by atoms with E-state index in [2.05, 4.69) is 25.6 Å². The quantitative estimate of drug-likeness (QED) is 0.538. The van der Waals surface area contributed by atoms with Crippen LogP contribution in [0, 0.1) is 20.8 Å². The lowest BCUT2D eigenvalue weighted by molar-refractivity contribution is -0.121. The third-order valence-electron chi connectivity index (χ3n) is 4.77. The smallest absolute Gasteiger partial charge is 0.253 e. The Morgan fingerprint density at radius 1 is 1.18 bits per heavy atom. The molecule has 0 spiro atoms. The molecule has 8 nitrogen and oxygen atoms in total. The summed E-state index contributed by atoms with van der Waals surface area (Å²) in [5.41, 5.74) is 3.46. The van der Waals surface area contributed by atoms with E-state index in [1.807, 2.05) is 39.0 Å². The van der Waals surface area contributed by atoms with Gasteiger partial charge in [-0.25, -0.2) is 0 Å². The van der Waals surface area contributed by atoms with Gasteiger partial charge in [0.05, 0.1) is 0 Å². The fraction of sp³-hybridized carbons (Fsp3) is 0.316. The van der Waals surface area contributed by atoms with Crippen molar-refractivity contribution in [1.82, 2.24) is 30.1 Å². The molecule has 0 unspecified atom stereocenters. The number of H-pyrrole nitrogens is 1. The number of amides is 1. The van der Waals surface area contributed by atoms with Crippen molar-refractivity contribution in [2.24, 2.45) is 0 Å².